The lowest BCUT2D eigenvalue weighted by Crippen LogP contribution is -2.24. The van der Waals surface area contributed by atoms with Crippen LogP contribution in [-0.4, -0.2) is 23.6 Å². The van der Waals surface area contributed by atoms with E-state index < -0.39 is 21.6 Å². The molecule has 9 heteroatoms. The average molecular weight is 488 g/mol. The number of hydrogen-bond donors (Lipinski definition) is 1. The van der Waals surface area contributed by atoms with E-state index in [0.717, 1.165) is 31.4 Å². The Labute approximate surface area is 196 Å². The van der Waals surface area contributed by atoms with Crippen LogP contribution in [0.5, 0.6) is 0 Å². The van der Waals surface area contributed by atoms with E-state index in [1.807, 2.05) is 0 Å². The number of sulfone groups is 1. The summed E-state index contributed by atoms with van der Waals surface area (Å²) in [4.78, 5) is 8.75. The summed E-state index contributed by atoms with van der Waals surface area (Å²) < 4.78 is 64.2. The van der Waals surface area contributed by atoms with E-state index in [1.54, 1.807) is 54.9 Å². The molecule has 1 aliphatic rings. The molecule has 0 saturated heterocycles. The Kier molecular flexibility index (Phi) is 7.02. The third kappa shape index (κ3) is 5.83. The maximum Gasteiger partial charge on any atom is 0.416 e. The summed E-state index contributed by atoms with van der Waals surface area (Å²) in [6.07, 6.45) is 6.31. The van der Waals surface area contributed by atoms with Crippen molar-refractivity contribution in [1.29, 1.82) is 0 Å². The van der Waals surface area contributed by atoms with E-state index in [2.05, 4.69) is 15.3 Å². The molecule has 0 bridgehead atoms. The van der Waals surface area contributed by atoms with Crippen LogP contribution < -0.4 is 5.32 Å². The van der Waals surface area contributed by atoms with Crippen LogP contribution in [0.25, 0.3) is 12.2 Å². The fraction of sp³-hybridized carbons (Fsp3) is 0.280. The number of halogens is 3. The Bertz CT molecular complexity index is 1250. The van der Waals surface area contributed by atoms with Crippen molar-refractivity contribution in [3.8, 4) is 0 Å². The summed E-state index contributed by atoms with van der Waals surface area (Å²) in [5.41, 5.74) is 0.982. The number of nitrogens with one attached hydrogen (secondary N) is 1. The van der Waals surface area contributed by atoms with E-state index in [9.17, 15) is 21.6 Å². The highest BCUT2D eigenvalue weighted by atomic mass is 32.2. The van der Waals surface area contributed by atoms with Crippen LogP contribution in [-0.2, 0) is 16.0 Å². The van der Waals surface area contributed by atoms with Gasteiger partial charge < -0.3 is 5.32 Å². The lowest BCUT2D eigenvalue weighted by molar-refractivity contribution is -0.137. The van der Waals surface area contributed by atoms with Gasteiger partial charge >= 0.3 is 6.18 Å². The zero-order chi connectivity index (χ0) is 24.2. The standard InChI is InChI=1S/C25H24F3N3O2S/c26-25(27,28)20-6-4-5-18(15-20)9-10-19-16-29-24(30-17-19)31-21-11-13-23(14-12-21)34(32,33)22-7-2-1-3-8-22/h4-6,9-17,22H,1-3,7-8H2,(H,29,30,31)/b10-9+. The molecular formula is C25H24F3N3O2S. The minimum absolute atomic E-state index is 0.306. The summed E-state index contributed by atoms with van der Waals surface area (Å²) >= 11 is 0. The van der Waals surface area contributed by atoms with Crippen molar-refractivity contribution in [3.05, 3.63) is 77.6 Å². The molecule has 1 saturated carbocycles. The molecule has 0 radical (unpaired) electrons. The number of anilines is 2. The van der Waals surface area contributed by atoms with E-state index >= 15 is 0 Å². The predicted molar refractivity (Wildman–Crippen MR) is 126 cm³/mol. The number of aromatic nitrogens is 2. The second-order valence-corrected chi connectivity index (χ2v) is 10.5. The van der Waals surface area contributed by atoms with E-state index in [0.29, 0.717) is 40.5 Å². The smallest absolute Gasteiger partial charge is 0.324 e. The molecule has 34 heavy (non-hydrogen) atoms. The number of rotatable bonds is 6. The largest absolute Gasteiger partial charge is 0.416 e. The van der Waals surface area contributed by atoms with Crippen LogP contribution in [0.2, 0.25) is 0 Å². The average Bonchev–Trinajstić information content (AvgIpc) is 2.84. The highest BCUT2D eigenvalue weighted by Crippen LogP contribution is 2.30. The van der Waals surface area contributed by atoms with Gasteiger partial charge in [-0.25, -0.2) is 18.4 Å². The van der Waals surface area contributed by atoms with Crippen LogP contribution in [0.1, 0.15) is 48.8 Å². The van der Waals surface area contributed by atoms with Crippen molar-refractivity contribution in [3.63, 3.8) is 0 Å². The molecule has 5 nitrogen and oxygen atoms in total. The maximum absolute atomic E-state index is 12.8. The second kappa shape index (κ2) is 9.97. The Morgan fingerprint density at radius 3 is 2.18 bits per heavy atom. The summed E-state index contributed by atoms with van der Waals surface area (Å²) in [7, 11) is -3.33. The highest BCUT2D eigenvalue weighted by molar-refractivity contribution is 7.92. The fourth-order valence-corrected chi connectivity index (χ4v) is 5.78. The molecule has 3 aromatic rings. The summed E-state index contributed by atoms with van der Waals surface area (Å²) in [6, 6.07) is 11.6. The predicted octanol–water partition coefficient (Wildman–Crippen LogP) is 6.52. The van der Waals surface area contributed by atoms with Crippen molar-refractivity contribution in [2.45, 2.75) is 48.4 Å². The van der Waals surface area contributed by atoms with Gasteiger partial charge in [-0.05, 0) is 54.8 Å². The molecule has 0 unspecified atom stereocenters. The number of hydrogen-bond acceptors (Lipinski definition) is 5. The molecule has 1 aliphatic carbocycles. The number of alkyl halides is 3. The van der Waals surface area contributed by atoms with Gasteiger partial charge in [0.1, 0.15) is 0 Å². The quantitative estimate of drug-likeness (QED) is 0.429. The zero-order valence-corrected chi connectivity index (χ0v) is 19.1. The molecular weight excluding hydrogens is 463 g/mol. The molecule has 1 N–H and O–H groups in total. The molecule has 0 aliphatic heterocycles. The van der Waals surface area contributed by atoms with Gasteiger partial charge in [-0.3, -0.25) is 0 Å². The van der Waals surface area contributed by atoms with Gasteiger partial charge in [0.15, 0.2) is 9.84 Å². The van der Waals surface area contributed by atoms with Crippen LogP contribution in [0.4, 0.5) is 24.8 Å². The zero-order valence-electron chi connectivity index (χ0n) is 18.3. The molecule has 1 heterocycles. The van der Waals surface area contributed by atoms with Crippen LogP contribution in [0, 0.1) is 0 Å². The van der Waals surface area contributed by atoms with Crippen molar-refractivity contribution in [1.82, 2.24) is 9.97 Å². The molecule has 2 aromatic carbocycles. The monoisotopic (exact) mass is 487 g/mol. The minimum atomic E-state index is -4.39. The van der Waals surface area contributed by atoms with Gasteiger partial charge in [-0.15, -0.1) is 0 Å². The Hall–Kier alpha value is -3.20. The minimum Gasteiger partial charge on any atom is -0.324 e. The van der Waals surface area contributed by atoms with Crippen molar-refractivity contribution < 1.29 is 21.6 Å². The Morgan fingerprint density at radius 1 is 0.882 bits per heavy atom. The lowest BCUT2D eigenvalue weighted by Gasteiger charge is -2.21. The fourth-order valence-electron chi connectivity index (χ4n) is 3.92. The first-order chi connectivity index (χ1) is 16.2. The summed E-state index contributed by atoms with van der Waals surface area (Å²) in [5, 5.41) is 2.72. The first kappa shape index (κ1) is 23.9. The van der Waals surface area contributed by atoms with Gasteiger partial charge in [-0.1, -0.05) is 43.5 Å². The lowest BCUT2D eigenvalue weighted by atomic mass is 10.0. The molecule has 0 spiro atoms. The molecule has 178 valence electrons. The third-order valence-corrected chi connectivity index (χ3v) is 8.06. The van der Waals surface area contributed by atoms with Crippen LogP contribution in [0.3, 0.4) is 0 Å². The molecule has 4 rings (SSSR count). The van der Waals surface area contributed by atoms with Gasteiger partial charge in [0.2, 0.25) is 5.95 Å². The molecule has 1 fully saturated rings. The third-order valence-electron chi connectivity index (χ3n) is 5.78. The Balaban J connectivity index is 1.40. The normalized spacial score (nSPS) is 15.5. The van der Waals surface area contributed by atoms with Gasteiger partial charge in [0, 0.05) is 23.6 Å². The SMILES string of the molecule is O=S(=O)(c1ccc(Nc2ncc(/C=C/c3cccc(C(F)(F)F)c3)cn2)cc1)C1CCCCC1. The van der Waals surface area contributed by atoms with Gasteiger partial charge in [-0.2, -0.15) is 13.2 Å². The Morgan fingerprint density at radius 2 is 1.53 bits per heavy atom. The highest BCUT2D eigenvalue weighted by Gasteiger charge is 2.30. The van der Waals surface area contributed by atoms with Gasteiger partial charge in [0.05, 0.1) is 15.7 Å². The van der Waals surface area contributed by atoms with Crippen LogP contribution >= 0.6 is 0 Å². The van der Waals surface area contributed by atoms with Gasteiger partial charge in [0.25, 0.3) is 0 Å². The molecule has 0 amide bonds. The van der Waals surface area contributed by atoms with Crippen LogP contribution in [0.15, 0.2) is 65.8 Å². The number of benzene rings is 2. The summed E-state index contributed by atoms with van der Waals surface area (Å²) in [5.74, 6) is 0.319. The van der Waals surface area contributed by atoms with Crippen molar-refractivity contribution >= 4 is 33.6 Å². The first-order valence-electron chi connectivity index (χ1n) is 11.0. The van der Waals surface area contributed by atoms with E-state index in [-0.39, 0.29) is 5.25 Å². The van der Waals surface area contributed by atoms with E-state index in [4.69, 9.17) is 0 Å². The van der Waals surface area contributed by atoms with Crippen molar-refractivity contribution in [2.24, 2.45) is 0 Å². The summed E-state index contributed by atoms with van der Waals surface area (Å²) in [6.45, 7) is 0. The van der Waals surface area contributed by atoms with Crippen molar-refractivity contribution in [2.75, 3.05) is 5.32 Å². The first-order valence-corrected chi connectivity index (χ1v) is 12.5. The number of nitrogens with zero attached hydrogens (tertiary/aromatic N) is 2. The maximum atomic E-state index is 12.8. The second-order valence-electron chi connectivity index (χ2n) is 8.25. The van der Waals surface area contributed by atoms with E-state index in [1.165, 1.54) is 6.07 Å². The molecule has 0 atom stereocenters. The topological polar surface area (TPSA) is 72.0 Å². The molecule has 1 aromatic heterocycles.